The SMILES string of the molecule is CCOc1ccc(-n2c(SCC(=O)NN=Cc3cccc(Cl)c3Cl)nnc2-c2ccccc2)cc1. The van der Waals surface area contributed by atoms with Gasteiger partial charge in [0, 0.05) is 16.8 Å². The predicted octanol–water partition coefficient (Wildman–Crippen LogP) is 5.88. The third-order valence-corrected chi connectivity index (χ3v) is 6.54. The quantitative estimate of drug-likeness (QED) is 0.167. The van der Waals surface area contributed by atoms with Crippen LogP contribution in [0.25, 0.3) is 17.1 Å². The second-order valence-corrected chi connectivity index (χ2v) is 8.89. The van der Waals surface area contributed by atoms with Gasteiger partial charge in [-0.3, -0.25) is 9.36 Å². The van der Waals surface area contributed by atoms with Crippen LogP contribution in [0, 0.1) is 0 Å². The van der Waals surface area contributed by atoms with Crippen LogP contribution in [0.15, 0.2) is 83.1 Å². The standard InChI is InChI=1S/C25H21Cl2N5O2S/c1-2-34-20-13-11-19(12-14-20)32-24(17-7-4-3-5-8-17)30-31-25(32)35-16-22(33)29-28-15-18-9-6-10-21(26)23(18)27/h3-15H,2,16H2,1H3,(H,29,33). The van der Waals surface area contributed by atoms with Crippen molar-refractivity contribution in [2.45, 2.75) is 12.1 Å². The molecular formula is C25H21Cl2N5O2S. The highest BCUT2D eigenvalue weighted by molar-refractivity contribution is 7.99. The first-order valence-electron chi connectivity index (χ1n) is 10.7. The molecule has 7 nitrogen and oxygen atoms in total. The lowest BCUT2D eigenvalue weighted by atomic mass is 10.2. The van der Waals surface area contributed by atoms with Crippen LogP contribution >= 0.6 is 35.0 Å². The first kappa shape index (κ1) is 24.8. The number of carbonyl (C=O) groups excluding carboxylic acids is 1. The average molecular weight is 526 g/mol. The van der Waals surface area contributed by atoms with Gasteiger partial charge in [-0.15, -0.1) is 10.2 Å². The minimum Gasteiger partial charge on any atom is -0.494 e. The summed E-state index contributed by atoms with van der Waals surface area (Å²) in [5.74, 6) is 1.24. The third kappa shape index (κ3) is 6.22. The van der Waals surface area contributed by atoms with Crippen molar-refractivity contribution in [2.24, 2.45) is 5.10 Å². The Bertz CT molecular complexity index is 1330. The minimum absolute atomic E-state index is 0.0879. The van der Waals surface area contributed by atoms with Gasteiger partial charge in [0.2, 0.25) is 0 Å². The third-order valence-electron chi connectivity index (χ3n) is 4.78. The molecule has 1 N–H and O–H groups in total. The van der Waals surface area contributed by atoms with E-state index in [-0.39, 0.29) is 11.7 Å². The molecule has 0 unspecified atom stereocenters. The summed E-state index contributed by atoms with van der Waals surface area (Å²) in [4.78, 5) is 12.4. The number of benzene rings is 3. The van der Waals surface area contributed by atoms with Crippen LogP contribution in [0.3, 0.4) is 0 Å². The van der Waals surface area contributed by atoms with Gasteiger partial charge >= 0.3 is 0 Å². The number of ether oxygens (including phenoxy) is 1. The van der Waals surface area contributed by atoms with E-state index in [4.69, 9.17) is 27.9 Å². The Hall–Kier alpha value is -3.33. The highest BCUT2D eigenvalue weighted by Crippen LogP contribution is 2.29. The highest BCUT2D eigenvalue weighted by atomic mass is 35.5. The van der Waals surface area contributed by atoms with Gasteiger partial charge in [0.05, 0.1) is 28.6 Å². The van der Waals surface area contributed by atoms with E-state index in [1.165, 1.54) is 18.0 Å². The molecule has 0 aliphatic carbocycles. The van der Waals surface area contributed by atoms with Crippen molar-refractivity contribution in [3.63, 3.8) is 0 Å². The van der Waals surface area contributed by atoms with Crippen molar-refractivity contribution in [2.75, 3.05) is 12.4 Å². The molecule has 0 saturated carbocycles. The summed E-state index contributed by atoms with van der Waals surface area (Å²) in [7, 11) is 0. The van der Waals surface area contributed by atoms with Crippen LogP contribution in [0.1, 0.15) is 12.5 Å². The van der Waals surface area contributed by atoms with Gasteiger partial charge in [0.1, 0.15) is 5.75 Å². The fourth-order valence-electron chi connectivity index (χ4n) is 3.18. The smallest absolute Gasteiger partial charge is 0.250 e. The molecule has 1 amide bonds. The van der Waals surface area contributed by atoms with Gasteiger partial charge in [0.15, 0.2) is 11.0 Å². The van der Waals surface area contributed by atoms with Gasteiger partial charge in [-0.1, -0.05) is 77.4 Å². The summed E-state index contributed by atoms with van der Waals surface area (Å²) in [5.41, 5.74) is 4.87. The minimum atomic E-state index is -0.299. The van der Waals surface area contributed by atoms with Gasteiger partial charge < -0.3 is 4.74 Å². The molecule has 4 rings (SSSR count). The van der Waals surface area contributed by atoms with Gasteiger partial charge in [-0.2, -0.15) is 5.10 Å². The molecule has 1 heterocycles. The van der Waals surface area contributed by atoms with Crippen molar-refractivity contribution in [1.29, 1.82) is 0 Å². The molecule has 0 fully saturated rings. The molecule has 0 aliphatic heterocycles. The first-order valence-corrected chi connectivity index (χ1v) is 12.4. The highest BCUT2D eigenvalue weighted by Gasteiger charge is 2.17. The summed E-state index contributed by atoms with van der Waals surface area (Å²) in [6, 6.07) is 22.6. The Morgan fingerprint density at radius 3 is 2.57 bits per heavy atom. The lowest BCUT2D eigenvalue weighted by Crippen LogP contribution is -2.20. The van der Waals surface area contributed by atoms with Crippen LogP contribution in [-0.4, -0.2) is 39.2 Å². The maximum absolute atomic E-state index is 12.4. The van der Waals surface area contributed by atoms with Crippen molar-refractivity contribution >= 4 is 47.1 Å². The van der Waals surface area contributed by atoms with Crippen molar-refractivity contribution < 1.29 is 9.53 Å². The topological polar surface area (TPSA) is 81.4 Å². The number of thioether (sulfide) groups is 1. The van der Waals surface area contributed by atoms with Crippen molar-refractivity contribution in [3.8, 4) is 22.8 Å². The van der Waals surface area contributed by atoms with E-state index in [9.17, 15) is 4.79 Å². The molecule has 1 aromatic heterocycles. The summed E-state index contributed by atoms with van der Waals surface area (Å²) in [6.45, 7) is 2.53. The molecule has 0 aliphatic rings. The molecule has 4 aromatic rings. The second kappa shape index (κ2) is 11.9. The maximum atomic E-state index is 12.4. The Morgan fingerprint density at radius 1 is 1.06 bits per heavy atom. The average Bonchev–Trinajstić information content (AvgIpc) is 3.30. The molecular weight excluding hydrogens is 505 g/mol. The molecule has 0 saturated heterocycles. The predicted molar refractivity (Wildman–Crippen MR) is 141 cm³/mol. The van der Waals surface area contributed by atoms with E-state index in [1.807, 2.05) is 66.1 Å². The normalized spacial score (nSPS) is 11.1. The number of nitrogens with one attached hydrogen (secondary N) is 1. The summed E-state index contributed by atoms with van der Waals surface area (Å²) in [6.07, 6.45) is 1.45. The van der Waals surface area contributed by atoms with E-state index < -0.39 is 0 Å². The van der Waals surface area contributed by atoms with E-state index in [0.717, 1.165) is 17.0 Å². The second-order valence-electron chi connectivity index (χ2n) is 7.16. The number of hydrogen-bond donors (Lipinski definition) is 1. The van der Waals surface area contributed by atoms with Crippen LogP contribution in [0.2, 0.25) is 10.0 Å². The molecule has 0 spiro atoms. The van der Waals surface area contributed by atoms with E-state index in [1.54, 1.807) is 18.2 Å². The lowest BCUT2D eigenvalue weighted by molar-refractivity contribution is -0.118. The molecule has 178 valence electrons. The molecule has 0 radical (unpaired) electrons. The van der Waals surface area contributed by atoms with Crippen LogP contribution < -0.4 is 10.2 Å². The zero-order chi connectivity index (χ0) is 24.6. The molecule has 10 heteroatoms. The van der Waals surface area contributed by atoms with E-state index in [2.05, 4.69) is 20.7 Å². The number of carbonyl (C=O) groups is 1. The number of nitrogens with zero attached hydrogens (tertiary/aromatic N) is 4. The summed E-state index contributed by atoms with van der Waals surface area (Å²) < 4.78 is 7.47. The first-order chi connectivity index (χ1) is 17.1. The summed E-state index contributed by atoms with van der Waals surface area (Å²) >= 11 is 13.4. The number of hydrogen-bond acceptors (Lipinski definition) is 6. The van der Waals surface area contributed by atoms with Crippen LogP contribution in [-0.2, 0) is 4.79 Å². The number of aromatic nitrogens is 3. The molecule has 0 atom stereocenters. The number of rotatable bonds is 9. The van der Waals surface area contributed by atoms with Crippen molar-refractivity contribution in [3.05, 3.63) is 88.4 Å². The van der Waals surface area contributed by atoms with E-state index >= 15 is 0 Å². The van der Waals surface area contributed by atoms with Gasteiger partial charge in [-0.05, 0) is 37.3 Å². The largest absolute Gasteiger partial charge is 0.494 e. The lowest BCUT2D eigenvalue weighted by Gasteiger charge is -2.11. The maximum Gasteiger partial charge on any atom is 0.250 e. The Balaban J connectivity index is 1.51. The fourth-order valence-corrected chi connectivity index (χ4v) is 4.29. The van der Waals surface area contributed by atoms with Crippen LogP contribution in [0.5, 0.6) is 5.75 Å². The van der Waals surface area contributed by atoms with Crippen LogP contribution in [0.4, 0.5) is 0 Å². The molecule has 35 heavy (non-hydrogen) atoms. The Kier molecular flexibility index (Phi) is 8.41. The zero-order valence-corrected chi connectivity index (χ0v) is 21.0. The number of amides is 1. The van der Waals surface area contributed by atoms with E-state index in [0.29, 0.717) is 33.2 Å². The number of hydrazone groups is 1. The van der Waals surface area contributed by atoms with Gasteiger partial charge in [0.25, 0.3) is 5.91 Å². The van der Waals surface area contributed by atoms with Crippen molar-refractivity contribution in [1.82, 2.24) is 20.2 Å². The van der Waals surface area contributed by atoms with Gasteiger partial charge in [-0.25, -0.2) is 5.43 Å². The summed E-state index contributed by atoms with van der Waals surface area (Å²) in [5, 5.41) is 14.1. The fraction of sp³-hybridized carbons (Fsp3) is 0.120. The Morgan fingerprint density at radius 2 is 1.83 bits per heavy atom. The molecule has 0 bridgehead atoms. The zero-order valence-electron chi connectivity index (χ0n) is 18.7. The number of halogens is 2. The molecule has 3 aromatic carbocycles. The monoisotopic (exact) mass is 525 g/mol. The Labute approximate surface area is 217 Å².